The van der Waals surface area contributed by atoms with Gasteiger partial charge in [0.15, 0.2) is 11.6 Å². The van der Waals surface area contributed by atoms with Gasteiger partial charge in [0.25, 0.3) is 5.69 Å². The van der Waals surface area contributed by atoms with Crippen LogP contribution in [-0.2, 0) is 20.9 Å². The maximum atomic E-state index is 13.9. The number of halogens is 1. The lowest BCUT2D eigenvalue weighted by molar-refractivity contribution is -0.384. The Kier molecular flexibility index (Phi) is 8.20. The van der Waals surface area contributed by atoms with Gasteiger partial charge in [-0.2, -0.15) is 0 Å². The number of non-ortho nitro benzene ring substituents is 1. The van der Waals surface area contributed by atoms with E-state index in [1.165, 1.54) is 12.1 Å². The van der Waals surface area contributed by atoms with Crippen molar-refractivity contribution < 1.29 is 24.0 Å². The molecule has 2 aliphatic carbocycles. The molecule has 0 saturated heterocycles. The van der Waals surface area contributed by atoms with E-state index >= 15 is 0 Å². The van der Waals surface area contributed by atoms with Crippen LogP contribution in [0.2, 0.25) is 0 Å². The maximum Gasteiger partial charge on any atom is 0.269 e. The van der Waals surface area contributed by atoms with Gasteiger partial charge in [-0.25, -0.2) is 0 Å². The van der Waals surface area contributed by atoms with Gasteiger partial charge in [-0.05, 0) is 62.9 Å². The standard InChI is InChI=1S/C33H37BrN2O6/c1-32(2)15-24-30(26(37)17-32)29(31-25(35(24)11-12-41-5)16-33(3,4)18-27(31)38)21-9-10-28(23(34)14-21)42-19-20-7-6-8-22(13-20)36(39)40/h6-10,13-14,29H,11-12,15-19H2,1-5H3. The quantitative estimate of drug-likeness (QED) is 0.222. The van der Waals surface area contributed by atoms with Crippen LogP contribution in [0.3, 0.4) is 0 Å². The predicted molar refractivity (Wildman–Crippen MR) is 163 cm³/mol. The van der Waals surface area contributed by atoms with Crippen LogP contribution in [0, 0.1) is 20.9 Å². The first-order valence-electron chi connectivity index (χ1n) is 14.2. The molecule has 0 radical (unpaired) electrons. The summed E-state index contributed by atoms with van der Waals surface area (Å²) in [5.41, 5.74) is 4.61. The van der Waals surface area contributed by atoms with E-state index in [-0.39, 0.29) is 34.7 Å². The Bertz CT molecular complexity index is 1470. The summed E-state index contributed by atoms with van der Waals surface area (Å²) in [4.78, 5) is 40.8. The number of benzene rings is 2. The zero-order valence-corrected chi connectivity index (χ0v) is 26.4. The van der Waals surface area contributed by atoms with E-state index < -0.39 is 10.8 Å². The molecule has 9 heteroatoms. The average molecular weight is 638 g/mol. The Morgan fingerprint density at radius 2 is 1.57 bits per heavy atom. The molecule has 0 amide bonds. The lowest BCUT2D eigenvalue weighted by Crippen LogP contribution is -2.45. The fraction of sp³-hybridized carbons (Fsp3) is 0.455. The Balaban J connectivity index is 1.56. The number of allylic oxidation sites excluding steroid dienone is 4. The van der Waals surface area contributed by atoms with Crippen molar-refractivity contribution in [3.8, 4) is 5.75 Å². The van der Waals surface area contributed by atoms with Crippen LogP contribution in [0.4, 0.5) is 5.69 Å². The molecule has 42 heavy (non-hydrogen) atoms. The summed E-state index contributed by atoms with van der Waals surface area (Å²) < 4.78 is 12.2. The normalized spacial score (nSPS) is 20.0. The van der Waals surface area contributed by atoms with Crippen LogP contribution >= 0.6 is 15.9 Å². The van der Waals surface area contributed by atoms with E-state index in [4.69, 9.17) is 9.47 Å². The van der Waals surface area contributed by atoms with Gasteiger partial charge >= 0.3 is 0 Å². The third kappa shape index (κ3) is 5.95. The molecule has 0 fully saturated rings. The predicted octanol–water partition coefficient (Wildman–Crippen LogP) is 7.27. The van der Waals surface area contributed by atoms with Gasteiger partial charge in [0.05, 0.1) is 16.0 Å². The second-order valence-electron chi connectivity index (χ2n) is 13.1. The van der Waals surface area contributed by atoms with Crippen LogP contribution < -0.4 is 4.74 Å². The zero-order chi connectivity index (χ0) is 30.4. The van der Waals surface area contributed by atoms with Crippen molar-refractivity contribution in [2.45, 2.75) is 65.9 Å². The fourth-order valence-electron chi connectivity index (χ4n) is 6.57. The van der Waals surface area contributed by atoms with Gasteiger partial charge in [-0.15, -0.1) is 0 Å². The molecule has 5 rings (SSSR count). The Morgan fingerprint density at radius 1 is 0.952 bits per heavy atom. The molecule has 0 unspecified atom stereocenters. The van der Waals surface area contributed by atoms with Gasteiger partial charge in [0.2, 0.25) is 0 Å². The summed E-state index contributed by atoms with van der Waals surface area (Å²) >= 11 is 3.65. The molecule has 0 N–H and O–H groups in total. The third-order valence-electron chi connectivity index (χ3n) is 8.35. The van der Waals surface area contributed by atoms with Crippen molar-refractivity contribution in [3.05, 3.63) is 90.7 Å². The molecule has 3 aliphatic rings. The molecule has 1 aliphatic heterocycles. The molecule has 2 aromatic rings. The lowest BCUT2D eigenvalue weighted by Gasteiger charge is -2.49. The van der Waals surface area contributed by atoms with E-state index in [0.29, 0.717) is 41.8 Å². The minimum Gasteiger partial charge on any atom is -0.488 e. The van der Waals surface area contributed by atoms with Gasteiger partial charge in [-0.1, -0.05) is 45.9 Å². The highest BCUT2D eigenvalue weighted by Gasteiger charge is 2.48. The van der Waals surface area contributed by atoms with Crippen molar-refractivity contribution in [1.29, 1.82) is 0 Å². The highest BCUT2D eigenvalue weighted by atomic mass is 79.9. The minimum atomic E-state index is -0.455. The topological polar surface area (TPSA) is 99.0 Å². The number of ether oxygens (including phenoxy) is 2. The summed E-state index contributed by atoms with van der Waals surface area (Å²) in [5.74, 6) is 0.279. The monoisotopic (exact) mass is 636 g/mol. The number of nitrogens with zero attached hydrogens (tertiary/aromatic N) is 2. The van der Waals surface area contributed by atoms with Crippen molar-refractivity contribution in [3.63, 3.8) is 0 Å². The second-order valence-corrected chi connectivity index (χ2v) is 13.9. The Labute approximate surface area is 255 Å². The first-order valence-corrected chi connectivity index (χ1v) is 15.0. The van der Waals surface area contributed by atoms with Crippen LogP contribution in [0.15, 0.2) is 69.5 Å². The van der Waals surface area contributed by atoms with E-state index in [9.17, 15) is 19.7 Å². The lowest BCUT2D eigenvalue weighted by atomic mass is 9.63. The van der Waals surface area contributed by atoms with Crippen molar-refractivity contribution in [2.24, 2.45) is 10.8 Å². The molecule has 0 aromatic heterocycles. The molecule has 0 spiro atoms. The van der Waals surface area contributed by atoms with Crippen LogP contribution in [0.25, 0.3) is 0 Å². The highest BCUT2D eigenvalue weighted by molar-refractivity contribution is 9.10. The summed E-state index contributed by atoms with van der Waals surface area (Å²) in [7, 11) is 1.67. The first kappa shape index (κ1) is 30.2. The van der Waals surface area contributed by atoms with Gasteiger partial charge in [0.1, 0.15) is 12.4 Å². The van der Waals surface area contributed by atoms with E-state index in [2.05, 4.69) is 48.5 Å². The highest BCUT2D eigenvalue weighted by Crippen LogP contribution is 2.54. The number of methoxy groups -OCH3 is 1. The number of nitro groups is 1. The number of rotatable bonds is 8. The number of nitro benzene ring substituents is 1. The number of carbonyl (C=O) groups is 2. The number of carbonyl (C=O) groups excluding carboxylic acids is 2. The SMILES string of the molecule is COCCN1C2=C(C(=O)CC(C)(C)C2)C(c2ccc(OCc3cccc([N+](=O)[O-])c3)c(Br)c2)C2=C1CC(C)(C)CC2=O. The van der Waals surface area contributed by atoms with Crippen molar-refractivity contribution >= 4 is 33.2 Å². The largest absolute Gasteiger partial charge is 0.488 e. The zero-order valence-electron chi connectivity index (χ0n) is 24.8. The van der Waals surface area contributed by atoms with Crippen LogP contribution in [0.5, 0.6) is 5.75 Å². The van der Waals surface area contributed by atoms with Crippen LogP contribution in [0.1, 0.15) is 70.4 Å². The number of Topliss-reactive ketones (excluding diaryl/α,β-unsaturated/α-hetero) is 2. The van der Waals surface area contributed by atoms with E-state index in [1.54, 1.807) is 19.2 Å². The number of ketones is 2. The van der Waals surface area contributed by atoms with Gasteiger partial charge in [0, 0.05) is 67.1 Å². The number of hydrogen-bond donors (Lipinski definition) is 0. The Hall–Kier alpha value is -3.30. The van der Waals surface area contributed by atoms with Gasteiger partial charge in [-0.3, -0.25) is 19.7 Å². The summed E-state index contributed by atoms with van der Waals surface area (Å²) in [6.07, 6.45) is 2.33. The third-order valence-corrected chi connectivity index (χ3v) is 8.97. The summed E-state index contributed by atoms with van der Waals surface area (Å²) in [6.45, 7) is 9.74. The Morgan fingerprint density at radius 3 is 2.12 bits per heavy atom. The van der Waals surface area contributed by atoms with Gasteiger partial charge < -0.3 is 14.4 Å². The molecule has 2 aromatic carbocycles. The number of hydrogen-bond acceptors (Lipinski definition) is 7. The molecule has 0 atom stereocenters. The first-order chi connectivity index (χ1) is 19.8. The summed E-state index contributed by atoms with van der Waals surface area (Å²) in [5, 5.41) is 11.2. The van der Waals surface area contributed by atoms with Crippen molar-refractivity contribution in [1.82, 2.24) is 4.90 Å². The molecular formula is C33H37BrN2O6. The van der Waals surface area contributed by atoms with E-state index in [1.807, 2.05) is 18.2 Å². The average Bonchev–Trinajstić information content (AvgIpc) is 2.89. The molecule has 222 valence electrons. The molecule has 1 heterocycles. The molecule has 8 nitrogen and oxygen atoms in total. The van der Waals surface area contributed by atoms with Crippen LogP contribution in [-0.4, -0.2) is 41.7 Å². The molecule has 0 bridgehead atoms. The molecular weight excluding hydrogens is 600 g/mol. The smallest absolute Gasteiger partial charge is 0.269 e. The minimum absolute atomic E-state index is 0.0103. The second kappa shape index (κ2) is 11.4. The summed E-state index contributed by atoms with van der Waals surface area (Å²) in [6, 6.07) is 12.1. The molecule has 0 saturated carbocycles. The van der Waals surface area contributed by atoms with E-state index in [0.717, 1.165) is 40.9 Å². The van der Waals surface area contributed by atoms with Crippen molar-refractivity contribution in [2.75, 3.05) is 20.3 Å². The maximum absolute atomic E-state index is 13.9. The fourth-order valence-corrected chi connectivity index (χ4v) is 7.08.